The first-order chi connectivity index (χ1) is 12.7. The van der Waals surface area contributed by atoms with Gasteiger partial charge in [-0.2, -0.15) is 0 Å². The van der Waals surface area contributed by atoms with E-state index < -0.39 is 15.9 Å². The number of aryl methyl sites for hydroxylation is 1. The maximum Gasteiger partial charge on any atom is 0.272 e. The predicted octanol–water partition coefficient (Wildman–Crippen LogP) is 2.52. The molecule has 0 unspecified atom stereocenters. The van der Waals surface area contributed by atoms with Gasteiger partial charge in [0.2, 0.25) is 0 Å². The molecule has 0 bridgehead atoms. The van der Waals surface area contributed by atoms with Crippen molar-refractivity contribution >= 4 is 15.9 Å². The van der Waals surface area contributed by atoms with Crippen LogP contribution in [0, 0.1) is 6.92 Å². The van der Waals surface area contributed by atoms with Crippen molar-refractivity contribution in [2.45, 2.75) is 31.6 Å². The zero-order valence-corrected chi connectivity index (χ0v) is 16.6. The molecular formula is C19H24N2O5S. The number of rotatable bonds is 8. The Hall–Kier alpha value is -2.58. The second-order valence-electron chi connectivity index (χ2n) is 6.31. The molecule has 7 nitrogen and oxygen atoms in total. The number of amides is 1. The molecule has 0 saturated carbocycles. The van der Waals surface area contributed by atoms with Gasteiger partial charge in [0.25, 0.3) is 15.9 Å². The van der Waals surface area contributed by atoms with Gasteiger partial charge in [-0.1, -0.05) is 26.0 Å². The zero-order chi connectivity index (χ0) is 20.0. The third-order valence-corrected chi connectivity index (χ3v) is 5.11. The smallest absolute Gasteiger partial charge is 0.272 e. The van der Waals surface area contributed by atoms with E-state index in [1.807, 2.05) is 43.8 Å². The van der Waals surface area contributed by atoms with E-state index in [1.165, 1.54) is 31.4 Å². The van der Waals surface area contributed by atoms with E-state index >= 15 is 0 Å². The third-order valence-electron chi connectivity index (χ3n) is 3.84. The van der Waals surface area contributed by atoms with Gasteiger partial charge in [0, 0.05) is 0 Å². The van der Waals surface area contributed by atoms with Crippen LogP contribution in [0.4, 0.5) is 0 Å². The summed E-state index contributed by atoms with van der Waals surface area (Å²) < 4.78 is 34.9. The number of hydrogen-bond acceptors (Lipinski definition) is 5. The summed E-state index contributed by atoms with van der Waals surface area (Å²) in [6.45, 7) is 5.68. The van der Waals surface area contributed by atoms with Crippen molar-refractivity contribution in [3.05, 3.63) is 53.6 Å². The van der Waals surface area contributed by atoms with Crippen LogP contribution in [0.1, 0.15) is 30.9 Å². The van der Waals surface area contributed by atoms with Gasteiger partial charge in [0.15, 0.2) is 6.61 Å². The largest absolute Gasteiger partial charge is 0.497 e. The highest BCUT2D eigenvalue weighted by molar-refractivity contribution is 7.89. The first-order valence-electron chi connectivity index (χ1n) is 8.41. The number of carbonyl (C=O) groups is 1. The normalized spacial score (nSPS) is 11.3. The van der Waals surface area contributed by atoms with Crippen molar-refractivity contribution in [1.82, 2.24) is 10.3 Å². The summed E-state index contributed by atoms with van der Waals surface area (Å²) in [5.74, 6) is 0.768. The van der Waals surface area contributed by atoms with Crippen LogP contribution >= 0.6 is 0 Å². The number of methoxy groups -OCH3 is 1. The molecule has 0 radical (unpaired) electrons. The average Bonchev–Trinajstić information content (AvgIpc) is 2.64. The van der Waals surface area contributed by atoms with Crippen molar-refractivity contribution in [2.75, 3.05) is 13.7 Å². The second-order valence-corrected chi connectivity index (χ2v) is 8.00. The third kappa shape index (κ3) is 5.70. The number of benzene rings is 2. The Labute approximate surface area is 159 Å². The molecular weight excluding hydrogens is 368 g/mol. The van der Waals surface area contributed by atoms with Crippen molar-refractivity contribution in [3.63, 3.8) is 0 Å². The van der Waals surface area contributed by atoms with E-state index in [2.05, 4.69) is 5.43 Å². The number of nitrogens with one attached hydrogen (secondary N) is 2. The highest BCUT2D eigenvalue weighted by Gasteiger charge is 2.16. The summed E-state index contributed by atoms with van der Waals surface area (Å²) in [7, 11) is -2.40. The SMILES string of the molecule is COc1ccc(S(=O)(=O)NNC(=O)COc2cc(C)ccc2C(C)C)cc1. The monoisotopic (exact) mass is 392 g/mol. The number of hydrogen-bond donors (Lipinski definition) is 2. The summed E-state index contributed by atoms with van der Waals surface area (Å²) in [6, 6.07) is 11.6. The van der Waals surface area contributed by atoms with Crippen molar-refractivity contribution in [2.24, 2.45) is 0 Å². The van der Waals surface area contributed by atoms with Crippen LogP contribution < -0.4 is 19.7 Å². The molecule has 27 heavy (non-hydrogen) atoms. The van der Waals surface area contributed by atoms with E-state index in [1.54, 1.807) is 0 Å². The van der Waals surface area contributed by atoms with Crippen molar-refractivity contribution in [3.8, 4) is 11.5 Å². The Bertz CT molecular complexity index is 893. The fourth-order valence-corrected chi connectivity index (χ4v) is 3.22. The van der Waals surface area contributed by atoms with Gasteiger partial charge in [0.1, 0.15) is 11.5 Å². The summed E-state index contributed by atoms with van der Waals surface area (Å²) in [5.41, 5.74) is 4.14. The lowest BCUT2D eigenvalue weighted by Crippen LogP contribution is -2.43. The fraction of sp³-hybridized carbons (Fsp3) is 0.316. The molecule has 2 N–H and O–H groups in total. The quantitative estimate of drug-likeness (QED) is 0.673. The summed E-state index contributed by atoms with van der Waals surface area (Å²) >= 11 is 0. The predicted molar refractivity (Wildman–Crippen MR) is 102 cm³/mol. The molecule has 0 aliphatic rings. The highest BCUT2D eigenvalue weighted by atomic mass is 32.2. The van der Waals surface area contributed by atoms with E-state index in [4.69, 9.17) is 9.47 Å². The van der Waals surface area contributed by atoms with Crippen LogP contribution in [0.5, 0.6) is 11.5 Å². The van der Waals surface area contributed by atoms with Gasteiger partial charge in [-0.25, -0.2) is 8.42 Å². The molecule has 0 fully saturated rings. The topological polar surface area (TPSA) is 93.7 Å². The molecule has 0 aliphatic carbocycles. The van der Waals surface area contributed by atoms with Gasteiger partial charge in [0.05, 0.1) is 12.0 Å². The lowest BCUT2D eigenvalue weighted by molar-refractivity contribution is -0.123. The zero-order valence-electron chi connectivity index (χ0n) is 15.8. The summed E-state index contributed by atoms with van der Waals surface area (Å²) in [6.07, 6.45) is 0. The second kappa shape index (κ2) is 8.88. The Balaban J connectivity index is 1.95. The van der Waals surface area contributed by atoms with Crippen molar-refractivity contribution in [1.29, 1.82) is 0 Å². The minimum Gasteiger partial charge on any atom is -0.497 e. The number of sulfonamides is 1. The number of ether oxygens (including phenoxy) is 2. The van der Waals surface area contributed by atoms with Gasteiger partial charge < -0.3 is 9.47 Å². The van der Waals surface area contributed by atoms with Crippen LogP contribution in [0.2, 0.25) is 0 Å². The van der Waals surface area contributed by atoms with Crippen LogP contribution in [0.25, 0.3) is 0 Å². The van der Waals surface area contributed by atoms with Crippen molar-refractivity contribution < 1.29 is 22.7 Å². The molecule has 0 heterocycles. The average molecular weight is 392 g/mol. The molecule has 2 rings (SSSR count). The minimum atomic E-state index is -3.88. The molecule has 0 aromatic heterocycles. The van der Waals surface area contributed by atoms with Gasteiger partial charge >= 0.3 is 0 Å². The molecule has 0 spiro atoms. The minimum absolute atomic E-state index is 0.00490. The Morgan fingerprint density at radius 1 is 1.11 bits per heavy atom. The molecule has 146 valence electrons. The van der Waals surface area contributed by atoms with Gasteiger partial charge in [-0.15, -0.1) is 4.83 Å². The molecule has 8 heteroatoms. The van der Waals surface area contributed by atoms with E-state index in [0.717, 1.165) is 11.1 Å². The first kappa shape index (κ1) is 20.7. The standard InChI is InChI=1S/C19H24N2O5S/c1-13(2)17-10-5-14(3)11-18(17)26-12-19(22)20-21-27(23,24)16-8-6-15(25-4)7-9-16/h5-11,13,21H,12H2,1-4H3,(H,20,22). The van der Waals surface area contributed by atoms with E-state index in [0.29, 0.717) is 11.5 Å². The maximum atomic E-state index is 12.2. The van der Waals surface area contributed by atoms with Crippen LogP contribution in [-0.2, 0) is 14.8 Å². The van der Waals surface area contributed by atoms with Gasteiger partial charge in [-0.3, -0.25) is 10.2 Å². The number of carbonyl (C=O) groups excluding carboxylic acids is 1. The van der Waals surface area contributed by atoms with Crippen LogP contribution in [0.3, 0.4) is 0 Å². The van der Waals surface area contributed by atoms with Crippen LogP contribution in [-0.4, -0.2) is 28.0 Å². The summed E-state index contributed by atoms with van der Waals surface area (Å²) in [4.78, 5) is 14.0. The molecule has 0 aliphatic heterocycles. The Morgan fingerprint density at radius 3 is 2.37 bits per heavy atom. The molecule has 0 atom stereocenters. The molecule has 1 amide bonds. The molecule has 0 saturated heterocycles. The van der Waals surface area contributed by atoms with Crippen LogP contribution in [0.15, 0.2) is 47.4 Å². The summed E-state index contributed by atoms with van der Waals surface area (Å²) in [5, 5.41) is 0. The lowest BCUT2D eigenvalue weighted by atomic mass is 10.0. The first-order valence-corrected chi connectivity index (χ1v) is 9.89. The van der Waals surface area contributed by atoms with E-state index in [-0.39, 0.29) is 17.4 Å². The van der Waals surface area contributed by atoms with E-state index in [9.17, 15) is 13.2 Å². The molecule has 2 aromatic carbocycles. The fourth-order valence-electron chi connectivity index (χ4n) is 2.36. The lowest BCUT2D eigenvalue weighted by Gasteiger charge is -2.15. The maximum absolute atomic E-state index is 12.2. The number of hydrazine groups is 1. The van der Waals surface area contributed by atoms with Gasteiger partial charge in [-0.05, 0) is 54.3 Å². The highest BCUT2D eigenvalue weighted by Crippen LogP contribution is 2.27. The Kier molecular flexibility index (Phi) is 6.81. The Morgan fingerprint density at radius 2 is 1.78 bits per heavy atom. The molecule has 2 aromatic rings.